The Morgan fingerprint density at radius 2 is 2.17 bits per heavy atom. The summed E-state index contributed by atoms with van der Waals surface area (Å²) in [7, 11) is 0. The Bertz CT molecular complexity index is 553. The Hall–Kier alpha value is -1.17. The molecule has 2 atom stereocenters. The number of hydrogen-bond acceptors (Lipinski definition) is 3. The number of halogens is 2. The van der Waals surface area contributed by atoms with Crippen molar-refractivity contribution in [3.63, 3.8) is 0 Å². The van der Waals surface area contributed by atoms with Crippen molar-refractivity contribution in [1.29, 1.82) is 0 Å². The van der Waals surface area contributed by atoms with Crippen molar-refractivity contribution in [3.8, 4) is 0 Å². The number of benzene rings is 1. The van der Waals surface area contributed by atoms with Gasteiger partial charge in [-0.25, -0.2) is 4.39 Å². The summed E-state index contributed by atoms with van der Waals surface area (Å²) in [5.74, 6) is -0.427. The van der Waals surface area contributed by atoms with Crippen LogP contribution in [-0.4, -0.2) is 30.7 Å². The summed E-state index contributed by atoms with van der Waals surface area (Å²) in [6.07, 6.45) is 1.12. The van der Waals surface area contributed by atoms with Gasteiger partial charge in [0.05, 0.1) is 6.10 Å². The number of ether oxygens (including phenoxy) is 1. The predicted molar refractivity (Wildman–Crippen MR) is 91.1 cm³/mol. The van der Waals surface area contributed by atoms with Gasteiger partial charge in [0.15, 0.2) is 0 Å². The van der Waals surface area contributed by atoms with Gasteiger partial charge in [-0.15, -0.1) is 12.4 Å². The number of nitrogens with two attached hydrogens (primary N) is 1. The van der Waals surface area contributed by atoms with Crippen LogP contribution in [0.25, 0.3) is 0 Å². The lowest BCUT2D eigenvalue weighted by Gasteiger charge is -2.57. The molecule has 0 spiro atoms. The molecule has 1 aliphatic carbocycles. The summed E-state index contributed by atoms with van der Waals surface area (Å²) in [6, 6.07) is 6.38. The van der Waals surface area contributed by atoms with Gasteiger partial charge in [-0.05, 0) is 31.0 Å². The lowest BCUT2D eigenvalue weighted by atomic mass is 9.54. The molecule has 0 aromatic heterocycles. The summed E-state index contributed by atoms with van der Waals surface area (Å²) < 4.78 is 18.7. The van der Waals surface area contributed by atoms with E-state index < -0.39 is 11.0 Å². The monoisotopic (exact) mass is 344 g/mol. The molecule has 1 aromatic rings. The van der Waals surface area contributed by atoms with E-state index in [0.29, 0.717) is 26.0 Å². The van der Waals surface area contributed by atoms with Crippen molar-refractivity contribution in [2.24, 2.45) is 11.1 Å². The molecule has 2 rings (SSSR count). The SMILES string of the molecule is CCOC1CC(N)(C(=O)NCCc2cccc(F)c2)C1(C)C.Cl. The van der Waals surface area contributed by atoms with E-state index in [0.717, 1.165) is 5.56 Å². The van der Waals surface area contributed by atoms with Crippen molar-refractivity contribution in [3.05, 3.63) is 35.6 Å². The molecule has 4 nitrogen and oxygen atoms in total. The maximum atomic E-state index is 13.1. The van der Waals surface area contributed by atoms with E-state index in [4.69, 9.17) is 10.5 Å². The van der Waals surface area contributed by atoms with Crippen molar-refractivity contribution >= 4 is 18.3 Å². The molecule has 0 bridgehead atoms. The molecule has 2 unspecified atom stereocenters. The van der Waals surface area contributed by atoms with Crippen LogP contribution >= 0.6 is 12.4 Å². The van der Waals surface area contributed by atoms with Gasteiger partial charge in [-0.2, -0.15) is 0 Å². The Balaban J connectivity index is 0.00000264. The summed E-state index contributed by atoms with van der Waals surface area (Å²) in [5, 5.41) is 2.87. The molecule has 1 aliphatic rings. The zero-order valence-electron chi connectivity index (χ0n) is 13.9. The fourth-order valence-electron chi connectivity index (χ4n) is 2.99. The van der Waals surface area contributed by atoms with E-state index in [9.17, 15) is 9.18 Å². The average Bonchev–Trinajstić information content (AvgIpc) is 2.46. The highest BCUT2D eigenvalue weighted by Gasteiger charge is 2.62. The average molecular weight is 345 g/mol. The van der Waals surface area contributed by atoms with Crippen LogP contribution in [0.15, 0.2) is 24.3 Å². The Labute approximate surface area is 143 Å². The van der Waals surface area contributed by atoms with Crippen LogP contribution in [0.3, 0.4) is 0 Å². The first-order chi connectivity index (χ1) is 10.3. The summed E-state index contributed by atoms with van der Waals surface area (Å²) in [5.41, 5.74) is 5.84. The maximum absolute atomic E-state index is 13.1. The second-order valence-electron chi connectivity index (χ2n) is 6.48. The van der Waals surface area contributed by atoms with E-state index in [1.165, 1.54) is 12.1 Å². The van der Waals surface area contributed by atoms with Crippen LogP contribution in [0.4, 0.5) is 4.39 Å². The lowest BCUT2D eigenvalue weighted by Crippen LogP contribution is -2.75. The quantitative estimate of drug-likeness (QED) is 0.833. The third-order valence-electron chi connectivity index (χ3n) is 4.82. The molecular weight excluding hydrogens is 319 g/mol. The third kappa shape index (κ3) is 3.84. The van der Waals surface area contributed by atoms with Crippen LogP contribution in [0.2, 0.25) is 0 Å². The molecule has 3 N–H and O–H groups in total. The molecule has 0 radical (unpaired) electrons. The van der Waals surface area contributed by atoms with Gasteiger partial charge in [0.1, 0.15) is 11.4 Å². The van der Waals surface area contributed by atoms with Crippen LogP contribution in [0, 0.1) is 11.2 Å². The molecule has 1 fully saturated rings. The Kier molecular flexibility index (Phi) is 6.57. The topological polar surface area (TPSA) is 64.3 Å². The van der Waals surface area contributed by atoms with Gasteiger partial charge in [0.25, 0.3) is 0 Å². The van der Waals surface area contributed by atoms with Crippen molar-refractivity contribution < 1.29 is 13.9 Å². The molecule has 0 saturated heterocycles. The predicted octanol–water partition coefficient (Wildman–Crippen LogP) is 2.44. The van der Waals surface area contributed by atoms with Crippen molar-refractivity contribution in [2.75, 3.05) is 13.2 Å². The minimum atomic E-state index is -0.908. The number of carbonyl (C=O) groups excluding carboxylic acids is 1. The highest BCUT2D eigenvalue weighted by Crippen LogP contribution is 2.49. The van der Waals surface area contributed by atoms with Gasteiger partial charge in [0, 0.05) is 25.0 Å². The highest BCUT2D eigenvalue weighted by molar-refractivity contribution is 5.88. The number of nitrogens with one attached hydrogen (secondary N) is 1. The highest BCUT2D eigenvalue weighted by atomic mass is 35.5. The van der Waals surface area contributed by atoms with Gasteiger partial charge in [0.2, 0.25) is 5.91 Å². The Morgan fingerprint density at radius 1 is 1.48 bits per heavy atom. The number of hydrogen-bond donors (Lipinski definition) is 2. The van der Waals surface area contributed by atoms with Gasteiger partial charge in [-0.1, -0.05) is 26.0 Å². The van der Waals surface area contributed by atoms with Crippen molar-refractivity contribution in [2.45, 2.75) is 45.3 Å². The molecule has 0 aliphatic heterocycles. The van der Waals surface area contributed by atoms with Crippen LogP contribution < -0.4 is 11.1 Å². The standard InChI is InChI=1S/C17H25FN2O2.ClH/c1-4-22-14-11-17(19,16(14,2)3)15(21)20-9-8-12-6-5-7-13(18)10-12;/h5-7,10,14H,4,8-9,11,19H2,1-3H3,(H,20,21);1H. The molecule has 130 valence electrons. The first-order valence-corrected chi connectivity index (χ1v) is 7.74. The number of amides is 1. The largest absolute Gasteiger partial charge is 0.378 e. The minimum absolute atomic E-state index is 0. The fraction of sp³-hybridized carbons (Fsp3) is 0.588. The first kappa shape index (κ1) is 19.9. The zero-order chi connectivity index (χ0) is 16.4. The third-order valence-corrected chi connectivity index (χ3v) is 4.82. The smallest absolute Gasteiger partial charge is 0.240 e. The Morgan fingerprint density at radius 3 is 2.74 bits per heavy atom. The lowest BCUT2D eigenvalue weighted by molar-refractivity contribution is -0.170. The van der Waals surface area contributed by atoms with E-state index in [2.05, 4.69) is 5.32 Å². The minimum Gasteiger partial charge on any atom is -0.378 e. The van der Waals surface area contributed by atoms with Gasteiger partial charge in [-0.3, -0.25) is 4.79 Å². The number of rotatable bonds is 6. The van der Waals surface area contributed by atoms with E-state index in [1.807, 2.05) is 26.8 Å². The molecule has 0 heterocycles. The molecule has 1 aromatic carbocycles. The first-order valence-electron chi connectivity index (χ1n) is 7.74. The van der Waals surface area contributed by atoms with Crippen LogP contribution in [0.5, 0.6) is 0 Å². The summed E-state index contributed by atoms with van der Waals surface area (Å²) >= 11 is 0. The molecule has 23 heavy (non-hydrogen) atoms. The second-order valence-corrected chi connectivity index (χ2v) is 6.48. The molecular formula is C17H26ClFN2O2. The maximum Gasteiger partial charge on any atom is 0.240 e. The van der Waals surface area contributed by atoms with E-state index in [-0.39, 0.29) is 30.2 Å². The van der Waals surface area contributed by atoms with Crippen LogP contribution in [0.1, 0.15) is 32.8 Å². The number of carbonyl (C=O) groups is 1. The summed E-state index contributed by atoms with van der Waals surface area (Å²) in [6.45, 7) is 6.92. The molecule has 6 heteroatoms. The van der Waals surface area contributed by atoms with Gasteiger partial charge >= 0.3 is 0 Å². The fourth-order valence-corrected chi connectivity index (χ4v) is 2.99. The van der Waals surface area contributed by atoms with E-state index in [1.54, 1.807) is 6.07 Å². The second kappa shape index (κ2) is 7.60. The van der Waals surface area contributed by atoms with Gasteiger partial charge < -0.3 is 15.8 Å². The summed E-state index contributed by atoms with van der Waals surface area (Å²) in [4.78, 5) is 12.4. The zero-order valence-corrected chi connectivity index (χ0v) is 14.7. The van der Waals surface area contributed by atoms with E-state index >= 15 is 0 Å². The van der Waals surface area contributed by atoms with Crippen LogP contribution in [-0.2, 0) is 16.0 Å². The molecule has 1 saturated carbocycles. The van der Waals surface area contributed by atoms with Crippen molar-refractivity contribution in [1.82, 2.24) is 5.32 Å². The normalized spacial score (nSPS) is 25.2. The molecule has 1 amide bonds.